The maximum atomic E-state index is 6.30. The van der Waals surface area contributed by atoms with E-state index < -0.39 is 12.5 Å². The highest BCUT2D eigenvalue weighted by Crippen LogP contribution is 2.38. The van der Waals surface area contributed by atoms with Crippen molar-refractivity contribution in [2.24, 2.45) is 10.3 Å². The van der Waals surface area contributed by atoms with E-state index in [1.807, 2.05) is 164 Å². The molecule has 2 unspecified atom stereocenters. The number of rotatable bonds is 17. The van der Waals surface area contributed by atoms with Gasteiger partial charge in [-0.2, -0.15) is 0 Å². The van der Waals surface area contributed by atoms with Crippen molar-refractivity contribution in [2.45, 2.75) is 12.5 Å². The summed E-state index contributed by atoms with van der Waals surface area (Å²) in [7, 11) is 3.29. The molecule has 0 saturated heterocycles. The van der Waals surface area contributed by atoms with Gasteiger partial charge in [0.15, 0.2) is 11.7 Å². The zero-order chi connectivity index (χ0) is 44.5. The Labute approximate surface area is 388 Å². The number of anilines is 3. The van der Waals surface area contributed by atoms with Gasteiger partial charge >= 0.3 is 0 Å². The summed E-state index contributed by atoms with van der Waals surface area (Å²) in [6.07, 6.45) is -1.00. The second-order valence-electron chi connectivity index (χ2n) is 15.1. The third-order valence-electron chi connectivity index (χ3n) is 11.0. The van der Waals surface area contributed by atoms with E-state index in [2.05, 4.69) is 37.1 Å². The third kappa shape index (κ3) is 9.92. The Balaban J connectivity index is 0.822. The number of halogens is 2. The zero-order valence-electron chi connectivity index (χ0n) is 35.7. The number of ether oxygens (including phenoxy) is 4. The summed E-state index contributed by atoms with van der Waals surface area (Å²) in [5.41, 5.74) is 6.47. The van der Waals surface area contributed by atoms with Crippen molar-refractivity contribution in [2.75, 3.05) is 55.2 Å². The van der Waals surface area contributed by atoms with Gasteiger partial charge in [-0.1, -0.05) is 51.7 Å². The molecule has 2 aliphatic heterocycles. The Bertz CT molecular complexity index is 2540. The molecule has 0 radical (unpaired) electrons. The van der Waals surface area contributed by atoms with Crippen LogP contribution in [0.4, 0.5) is 17.1 Å². The second-order valence-corrected chi connectivity index (χ2v) is 15.9. The molecule has 2 heterocycles. The molecule has 0 amide bonds. The highest BCUT2D eigenvalue weighted by Gasteiger charge is 2.35. The van der Waals surface area contributed by atoms with Crippen molar-refractivity contribution in [1.82, 2.24) is 0 Å². The van der Waals surface area contributed by atoms with Crippen LogP contribution in [0.2, 0.25) is 10.0 Å². The first-order valence-electron chi connectivity index (χ1n) is 21.1. The molecule has 0 bridgehead atoms. The number of hydrogen-bond donors (Lipinski definition) is 0. The molecule has 0 N–H and O–H groups in total. The lowest BCUT2D eigenvalue weighted by Crippen LogP contribution is -2.32. The van der Waals surface area contributed by atoms with Gasteiger partial charge in [0.1, 0.15) is 36.2 Å². The molecule has 7 aromatic carbocycles. The van der Waals surface area contributed by atoms with Crippen LogP contribution in [-0.2, 0) is 9.68 Å². The Hall–Kier alpha value is -7.34. The SMILES string of the molecule is COc1ccc(C2=NOC(c3ccc(OCCN(CCOc4ccc(C5ON=C(c6ccc(OC)cc6)N5c5ccc(Cl)cc5)cc4)c4ccccc4)cc3)N2c2ccc(Cl)cc2)cc1. The van der Waals surface area contributed by atoms with Crippen LogP contribution < -0.4 is 33.6 Å². The molecule has 0 saturated carbocycles. The summed E-state index contributed by atoms with van der Waals surface area (Å²) >= 11 is 12.5. The van der Waals surface area contributed by atoms with E-state index in [0.717, 1.165) is 62.3 Å². The molecule has 0 spiro atoms. The first kappa shape index (κ1) is 42.9. The number of oxime groups is 2. The summed E-state index contributed by atoms with van der Waals surface area (Å²) in [4.78, 5) is 18.5. The lowest BCUT2D eigenvalue weighted by molar-refractivity contribution is 0.0867. The molecule has 328 valence electrons. The summed E-state index contributed by atoms with van der Waals surface area (Å²) in [5.74, 6) is 4.36. The Morgan fingerprint density at radius 3 is 1.25 bits per heavy atom. The van der Waals surface area contributed by atoms with Crippen molar-refractivity contribution in [3.63, 3.8) is 0 Å². The van der Waals surface area contributed by atoms with Gasteiger partial charge in [0.2, 0.25) is 12.5 Å². The van der Waals surface area contributed by atoms with Gasteiger partial charge in [0.05, 0.1) is 27.3 Å². The molecule has 9 rings (SSSR count). The van der Waals surface area contributed by atoms with Gasteiger partial charge in [-0.3, -0.25) is 9.80 Å². The smallest absolute Gasteiger partial charge is 0.231 e. The van der Waals surface area contributed by atoms with Crippen LogP contribution in [0.25, 0.3) is 0 Å². The van der Waals surface area contributed by atoms with Crippen molar-refractivity contribution < 1.29 is 28.6 Å². The first-order valence-corrected chi connectivity index (χ1v) is 21.8. The standard InChI is InChI=1S/C52H45Cl2N5O6/c1-60-45-24-8-36(9-25-45)49-55-64-51(58(49)43-20-16-40(53)17-21-43)38-12-28-47(29-13-38)62-34-32-57(42-6-4-3-5-7-42)33-35-63-48-30-14-39(15-31-48)52-59(44-22-18-41(54)19-23-44)50(56-65-52)37-10-26-46(61-2)27-11-37/h3-31,51-52H,32-35H2,1-2H3. The van der Waals surface area contributed by atoms with Crippen LogP contribution >= 0.6 is 23.2 Å². The molecule has 0 fully saturated rings. The lowest BCUT2D eigenvalue weighted by atomic mass is 10.1. The van der Waals surface area contributed by atoms with Crippen LogP contribution in [0.15, 0.2) is 186 Å². The van der Waals surface area contributed by atoms with Crippen LogP contribution in [0.3, 0.4) is 0 Å². The molecular weight excluding hydrogens is 862 g/mol. The van der Waals surface area contributed by atoms with E-state index in [4.69, 9.17) is 51.8 Å². The number of amidine groups is 2. The quantitative estimate of drug-likeness (QED) is 0.0886. The molecule has 11 nitrogen and oxygen atoms in total. The molecule has 13 heteroatoms. The molecule has 2 atom stereocenters. The van der Waals surface area contributed by atoms with E-state index >= 15 is 0 Å². The highest BCUT2D eigenvalue weighted by molar-refractivity contribution is 6.31. The molecular formula is C52H45Cl2N5O6. The van der Waals surface area contributed by atoms with E-state index in [1.165, 1.54) is 0 Å². The minimum Gasteiger partial charge on any atom is -0.497 e. The number of nitrogens with zero attached hydrogens (tertiary/aromatic N) is 5. The first-order chi connectivity index (χ1) is 31.9. The van der Waals surface area contributed by atoms with Gasteiger partial charge in [-0.25, -0.2) is 0 Å². The van der Waals surface area contributed by atoms with Gasteiger partial charge in [0, 0.05) is 49.4 Å². The maximum Gasteiger partial charge on any atom is 0.231 e. The van der Waals surface area contributed by atoms with Crippen LogP contribution in [0.1, 0.15) is 34.7 Å². The summed E-state index contributed by atoms with van der Waals surface area (Å²) in [6.45, 7) is 2.19. The minimum atomic E-state index is -0.501. The predicted octanol–water partition coefficient (Wildman–Crippen LogP) is 11.8. The van der Waals surface area contributed by atoms with Gasteiger partial charge in [-0.15, -0.1) is 0 Å². The van der Waals surface area contributed by atoms with Crippen LogP contribution in [-0.4, -0.2) is 52.2 Å². The number of benzene rings is 7. The fourth-order valence-corrected chi connectivity index (χ4v) is 7.87. The Kier molecular flexibility index (Phi) is 13.2. The molecule has 65 heavy (non-hydrogen) atoms. The van der Waals surface area contributed by atoms with Crippen molar-refractivity contribution in [3.05, 3.63) is 208 Å². The predicted molar refractivity (Wildman–Crippen MR) is 257 cm³/mol. The van der Waals surface area contributed by atoms with E-state index in [0.29, 0.717) is 48.0 Å². The summed E-state index contributed by atoms with van der Waals surface area (Å²) < 4.78 is 23.3. The maximum absolute atomic E-state index is 6.30. The normalized spacial score (nSPS) is 15.4. The second kappa shape index (κ2) is 20.0. The fraction of sp³-hybridized carbons (Fsp3) is 0.154. The molecule has 7 aromatic rings. The topological polar surface area (TPSA) is 89.8 Å². The lowest BCUT2D eigenvalue weighted by Gasteiger charge is -2.26. The van der Waals surface area contributed by atoms with Crippen molar-refractivity contribution in [3.8, 4) is 23.0 Å². The van der Waals surface area contributed by atoms with Gasteiger partial charge in [0.25, 0.3) is 0 Å². The largest absolute Gasteiger partial charge is 0.497 e. The van der Waals surface area contributed by atoms with Gasteiger partial charge in [-0.05, 0) is 158 Å². The molecule has 0 aliphatic carbocycles. The number of para-hydroxylation sites is 1. The number of methoxy groups -OCH3 is 2. The Morgan fingerprint density at radius 2 is 0.862 bits per heavy atom. The zero-order valence-corrected chi connectivity index (χ0v) is 37.2. The molecule has 2 aliphatic rings. The third-order valence-corrected chi connectivity index (χ3v) is 11.5. The van der Waals surface area contributed by atoms with E-state index in [9.17, 15) is 0 Å². The van der Waals surface area contributed by atoms with E-state index in [-0.39, 0.29) is 0 Å². The monoisotopic (exact) mass is 905 g/mol. The van der Waals surface area contributed by atoms with Crippen molar-refractivity contribution >= 4 is 51.9 Å². The minimum absolute atomic E-state index is 0.455. The average Bonchev–Trinajstić information content (AvgIpc) is 4.01. The summed E-state index contributed by atoms with van der Waals surface area (Å²) in [6, 6.07) is 56.9. The van der Waals surface area contributed by atoms with Gasteiger partial charge < -0.3 is 33.5 Å². The van der Waals surface area contributed by atoms with E-state index in [1.54, 1.807) is 14.2 Å². The molecule has 0 aromatic heterocycles. The average molecular weight is 907 g/mol. The van der Waals surface area contributed by atoms with Crippen LogP contribution in [0, 0.1) is 0 Å². The number of hydrogen-bond acceptors (Lipinski definition) is 11. The Morgan fingerprint density at radius 1 is 0.477 bits per heavy atom. The van der Waals surface area contributed by atoms with Crippen LogP contribution in [0.5, 0.6) is 23.0 Å². The summed E-state index contributed by atoms with van der Waals surface area (Å²) in [5, 5.41) is 10.3. The fourth-order valence-electron chi connectivity index (χ4n) is 7.62. The van der Waals surface area contributed by atoms with Crippen molar-refractivity contribution in [1.29, 1.82) is 0 Å². The highest BCUT2D eigenvalue weighted by atomic mass is 35.5.